The van der Waals surface area contributed by atoms with E-state index < -0.39 is 0 Å². The molecule has 1 N–H and O–H groups in total. The molecule has 154 valence electrons. The Bertz CT molecular complexity index is 883. The van der Waals surface area contributed by atoms with Crippen LogP contribution in [0.25, 0.3) is 0 Å². The maximum absolute atomic E-state index is 12.6. The minimum Gasteiger partial charge on any atom is -0.497 e. The lowest BCUT2D eigenvalue weighted by Crippen LogP contribution is -2.30. The molecular formula is C22H26N2O5. The van der Waals surface area contributed by atoms with Gasteiger partial charge in [0.15, 0.2) is 11.5 Å². The molecule has 0 aromatic heterocycles. The van der Waals surface area contributed by atoms with Gasteiger partial charge >= 0.3 is 0 Å². The highest BCUT2D eigenvalue weighted by molar-refractivity contribution is 5.97. The molecule has 0 spiro atoms. The van der Waals surface area contributed by atoms with Crippen molar-refractivity contribution in [2.45, 2.75) is 12.8 Å². The second kappa shape index (κ2) is 9.32. The summed E-state index contributed by atoms with van der Waals surface area (Å²) in [4.78, 5) is 26.7. The lowest BCUT2D eigenvalue weighted by atomic mass is 10.1. The summed E-state index contributed by atoms with van der Waals surface area (Å²) in [6.07, 6.45) is 0.935. The lowest BCUT2D eigenvalue weighted by Gasteiger charge is -2.17. The van der Waals surface area contributed by atoms with Crippen molar-refractivity contribution in [3.05, 3.63) is 48.0 Å². The molecule has 0 bridgehead atoms. The number of ether oxygens (including phenoxy) is 3. The van der Waals surface area contributed by atoms with Gasteiger partial charge in [-0.15, -0.1) is 0 Å². The fourth-order valence-electron chi connectivity index (χ4n) is 3.41. The second-order valence-electron chi connectivity index (χ2n) is 6.90. The van der Waals surface area contributed by atoms with Crippen molar-refractivity contribution >= 4 is 17.5 Å². The van der Waals surface area contributed by atoms with Crippen LogP contribution in [0.4, 0.5) is 5.69 Å². The van der Waals surface area contributed by atoms with Gasteiger partial charge in [0.05, 0.1) is 27.2 Å². The van der Waals surface area contributed by atoms with Crippen molar-refractivity contribution in [1.29, 1.82) is 0 Å². The summed E-state index contributed by atoms with van der Waals surface area (Å²) in [6.45, 7) is 0.994. The van der Waals surface area contributed by atoms with Gasteiger partial charge in [-0.2, -0.15) is 0 Å². The first kappa shape index (κ1) is 20.5. The highest BCUT2D eigenvalue weighted by Crippen LogP contribution is 2.30. The molecule has 3 rings (SSSR count). The van der Waals surface area contributed by atoms with E-state index in [1.54, 1.807) is 44.4 Å². The normalized spacial score (nSPS) is 15.9. The molecule has 7 nitrogen and oxygen atoms in total. The van der Waals surface area contributed by atoms with Crippen molar-refractivity contribution in [2.75, 3.05) is 39.7 Å². The van der Waals surface area contributed by atoms with E-state index in [9.17, 15) is 9.59 Å². The molecule has 1 aliphatic heterocycles. The molecule has 2 aromatic carbocycles. The summed E-state index contributed by atoms with van der Waals surface area (Å²) in [5.41, 5.74) is 1.70. The highest BCUT2D eigenvalue weighted by Gasteiger charge is 2.34. The van der Waals surface area contributed by atoms with E-state index in [4.69, 9.17) is 14.2 Å². The molecule has 1 heterocycles. The maximum atomic E-state index is 12.6. The van der Waals surface area contributed by atoms with E-state index in [1.807, 2.05) is 24.3 Å². The predicted octanol–water partition coefficient (Wildman–Crippen LogP) is 2.74. The molecule has 1 aliphatic rings. The van der Waals surface area contributed by atoms with Crippen LogP contribution < -0.4 is 19.5 Å². The first-order valence-electron chi connectivity index (χ1n) is 9.47. The Balaban J connectivity index is 1.57. The Morgan fingerprint density at radius 3 is 2.59 bits per heavy atom. The largest absolute Gasteiger partial charge is 0.497 e. The predicted molar refractivity (Wildman–Crippen MR) is 110 cm³/mol. The number of hydrogen-bond donors (Lipinski definition) is 1. The van der Waals surface area contributed by atoms with Gasteiger partial charge in [0.2, 0.25) is 11.8 Å². The molecule has 1 unspecified atom stereocenters. The highest BCUT2D eigenvalue weighted by atomic mass is 16.5. The van der Waals surface area contributed by atoms with E-state index in [0.717, 1.165) is 11.3 Å². The minimum absolute atomic E-state index is 0.000331. The Morgan fingerprint density at radius 1 is 1.07 bits per heavy atom. The smallest absolute Gasteiger partial charge is 0.229 e. The number of anilines is 1. The molecule has 1 fully saturated rings. The van der Waals surface area contributed by atoms with Gasteiger partial charge in [0, 0.05) is 31.3 Å². The van der Waals surface area contributed by atoms with Gasteiger partial charge in [-0.25, -0.2) is 0 Å². The van der Waals surface area contributed by atoms with E-state index in [1.165, 1.54) is 0 Å². The van der Waals surface area contributed by atoms with Crippen LogP contribution in [0, 0.1) is 5.92 Å². The number of carbonyl (C=O) groups excluding carboxylic acids is 2. The number of hydrogen-bond acceptors (Lipinski definition) is 5. The Kier molecular flexibility index (Phi) is 6.59. The third-order valence-corrected chi connectivity index (χ3v) is 5.04. The number of likely N-dealkylation sites (tertiary alicyclic amines) is 1. The summed E-state index contributed by atoms with van der Waals surface area (Å²) in [7, 11) is 4.73. The standard InChI is InChI=1S/C22H26N2O5/c1-27-18-6-4-5-15(11-18)9-10-24-14-16(12-21(24)25)22(26)23-17-7-8-19(28-2)20(13-17)29-3/h4-8,11,13,16H,9-10,12,14H2,1-3H3,(H,23,26). The lowest BCUT2D eigenvalue weighted by molar-refractivity contribution is -0.128. The Labute approximate surface area is 170 Å². The first-order valence-corrected chi connectivity index (χ1v) is 9.47. The average molecular weight is 398 g/mol. The third-order valence-electron chi connectivity index (χ3n) is 5.04. The van der Waals surface area contributed by atoms with Gasteiger partial charge in [0.25, 0.3) is 0 Å². The van der Waals surface area contributed by atoms with Crippen LogP contribution in [-0.4, -0.2) is 51.1 Å². The van der Waals surface area contributed by atoms with Crippen LogP contribution in [0.15, 0.2) is 42.5 Å². The number of amides is 2. The molecule has 0 aliphatic carbocycles. The SMILES string of the molecule is COc1cccc(CCN2CC(C(=O)Nc3ccc(OC)c(OC)c3)CC2=O)c1. The van der Waals surface area contributed by atoms with Gasteiger partial charge < -0.3 is 24.4 Å². The van der Waals surface area contributed by atoms with Crippen LogP contribution in [0.2, 0.25) is 0 Å². The number of nitrogens with zero attached hydrogens (tertiary/aromatic N) is 1. The van der Waals surface area contributed by atoms with E-state index in [2.05, 4.69) is 5.32 Å². The van der Waals surface area contributed by atoms with E-state index in [0.29, 0.717) is 36.7 Å². The van der Waals surface area contributed by atoms with Crippen LogP contribution in [-0.2, 0) is 16.0 Å². The van der Waals surface area contributed by atoms with Crippen molar-refractivity contribution in [1.82, 2.24) is 4.90 Å². The first-order chi connectivity index (χ1) is 14.0. The summed E-state index contributed by atoms with van der Waals surface area (Å²) in [6, 6.07) is 13.0. The quantitative estimate of drug-likeness (QED) is 0.740. The van der Waals surface area contributed by atoms with Crippen LogP contribution >= 0.6 is 0 Å². The molecule has 7 heteroatoms. The van der Waals surface area contributed by atoms with Gasteiger partial charge in [-0.3, -0.25) is 9.59 Å². The van der Waals surface area contributed by atoms with Crippen LogP contribution in [0.1, 0.15) is 12.0 Å². The molecule has 29 heavy (non-hydrogen) atoms. The van der Waals surface area contributed by atoms with Crippen molar-refractivity contribution in [2.24, 2.45) is 5.92 Å². The molecule has 0 radical (unpaired) electrons. The summed E-state index contributed by atoms with van der Waals surface area (Å²) in [5, 5.41) is 2.87. The van der Waals surface area contributed by atoms with Crippen LogP contribution in [0.3, 0.4) is 0 Å². The third kappa shape index (κ3) is 4.99. The maximum Gasteiger partial charge on any atom is 0.229 e. The number of benzene rings is 2. The zero-order chi connectivity index (χ0) is 20.8. The number of rotatable bonds is 8. The Morgan fingerprint density at radius 2 is 1.86 bits per heavy atom. The van der Waals surface area contributed by atoms with Crippen molar-refractivity contribution < 1.29 is 23.8 Å². The van der Waals surface area contributed by atoms with E-state index >= 15 is 0 Å². The van der Waals surface area contributed by atoms with Crippen molar-refractivity contribution in [3.63, 3.8) is 0 Å². The average Bonchev–Trinajstić information content (AvgIpc) is 3.13. The molecular weight excluding hydrogens is 372 g/mol. The minimum atomic E-state index is -0.374. The molecule has 1 atom stereocenters. The zero-order valence-electron chi connectivity index (χ0n) is 16.9. The fraction of sp³-hybridized carbons (Fsp3) is 0.364. The van der Waals surface area contributed by atoms with Gasteiger partial charge in [-0.1, -0.05) is 12.1 Å². The van der Waals surface area contributed by atoms with Crippen molar-refractivity contribution in [3.8, 4) is 17.2 Å². The molecule has 0 saturated carbocycles. The second-order valence-corrected chi connectivity index (χ2v) is 6.90. The summed E-state index contributed by atoms with van der Waals surface area (Å²) < 4.78 is 15.7. The molecule has 2 amide bonds. The van der Waals surface area contributed by atoms with Gasteiger partial charge in [-0.05, 0) is 36.2 Å². The molecule has 2 aromatic rings. The van der Waals surface area contributed by atoms with Crippen LogP contribution in [0.5, 0.6) is 17.2 Å². The zero-order valence-corrected chi connectivity index (χ0v) is 16.9. The topological polar surface area (TPSA) is 77.1 Å². The number of carbonyl (C=O) groups is 2. The monoisotopic (exact) mass is 398 g/mol. The van der Waals surface area contributed by atoms with E-state index in [-0.39, 0.29) is 24.2 Å². The summed E-state index contributed by atoms with van der Waals surface area (Å²) in [5.74, 6) is 1.37. The number of nitrogens with one attached hydrogen (secondary N) is 1. The fourth-order valence-corrected chi connectivity index (χ4v) is 3.41. The number of methoxy groups -OCH3 is 3. The molecule has 1 saturated heterocycles. The Hall–Kier alpha value is -3.22. The summed E-state index contributed by atoms with van der Waals surface area (Å²) >= 11 is 0. The van der Waals surface area contributed by atoms with Gasteiger partial charge in [0.1, 0.15) is 5.75 Å².